The molecule has 1 unspecified atom stereocenters. The molecule has 2 aromatic carbocycles. The highest BCUT2D eigenvalue weighted by Gasteiger charge is 2.11. The number of benzene rings is 2. The highest BCUT2D eigenvalue weighted by atomic mass is 16.5. The summed E-state index contributed by atoms with van der Waals surface area (Å²) in [6.07, 6.45) is 37.5. The van der Waals surface area contributed by atoms with E-state index in [0.29, 0.717) is 42.4 Å². The van der Waals surface area contributed by atoms with Gasteiger partial charge in [-0.2, -0.15) is 0 Å². The first-order valence-corrected chi connectivity index (χ1v) is 23.8. The van der Waals surface area contributed by atoms with Crippen LogP contribution in [0.5, 0.6) is 23.0 Å². The van der Waals surface area contributed by atoms with Crippen LogP contribution in [-0.4, -0.2) is 47.4 Å². The van der Waals surface area contributed by atoms with E-state index in [1.54, 1.807) is 12.1 Å². The molecule has 324 valence electrons. The summed E-state index contributed by atoms with van der Waals surface area (Å²) in [5, 5.41) is 21.5. The Hall–Kier alpha value is -3.02. The minimum absolute atomic E-state index is 0.0922. The van der Waals surface area contributed by atoms with E-state index in [4.69, 9.17) is 19.5 Å². The van der Waals surface area contributed by atoms with Crippen LogP contribution in [0.25, 0.3) is 0 Å². The quantitative estimate of drug-likeness (QED) is 0.0527. The van der Waals surface area contributed by atoms with E-state index in [9.17, 15) is 10.2 Å². The maximum atomic E-state index is 10.8. The molecule has 1 atom stereocenters. The molecule has 0 radical (unpaired) electrons. The molecule has 0 saturated heterocycles. The van der Waals surface area contributed by atoms with Crippen molar-refractivity contribution in [2.24, 2.45) is 9.98 Å². The Morgan fingerprint density at radius 3 is 1.12 bits per heavy atom. The molecule has 2 N–H and O–H groups in total. The molecule has 0 amide bonds. The van der Waals surface area contributed by atoms with Gasteiger partial charge in [0, 0.05) is 34.7 Å². The van der Waals surface area contributed by atoms with Crippen molar-refractivity contribution in [1.29, 1.82) is 0 Å². The third-order valence-corrected chi connectivity index (χ3v) is 11.3. The van der Waals surface area contributed by atoms with Crippen molar-refractivity contribution in [1.82, 2.24) is 0 Å². The Morgan fingerprint density at radius 1 is 0.474 bits per heavy atom. The van der Waals surface area contributed by atoms with Crippen molar-refractivity contribution >= 4 is 11.4 Å². The number of hydrogen-bond acceptors (Lipinski definition) is 6. The summed E-state index contributed by atoms with van der Waals surface area (Å²) in [5.74, 6) is 1.74. The number of unbranched alkanes of at least 4 members (excludes halogenated alkanes) is 26. The minimum atomic E-state index is -0.0922. The Labute approximate surface area is 350 Å². The number of aliphatic imine (C=N–C) groups is 2. The summed E-state index contributed by atoms with van der Waals surface area (Å²) in [7, 11) is 0. The van der Waals surface area contributed by atoms with Gasteiger partial charge < -0.3 is 19.7 Å². The summed E-state index contributed by atoms with van der Waals surface area (Å²) >= 11 is 0. The fourth-order valence-electron chi connectivity index (χ4n) is 7.58. The lowest BCUT2D eigenvalue weighted by atomic mass is 10.0. The van der Waals surface area contributed by atoms with Crippen LogP contribution in [0.3, 0.4) is 0 Å². The van der Waals surface area contributed by atoms with Crippen molar-refractivity contribution < 1.29 is 19.7 Å². The van der Waals surface area contributed by atoms with Crippen LogP contribution in [-0.2, 0) is 0 Å². The Balaban J connectivity index is 1.59. The SMILES string of the molecule is CCCCCCCCCCCCCCCCOc1ccc(C(C)=NCC(C)N=C(C)c2ccc(OCCCCCCCCCCCCCCCC)cc2O)c(O)c1. The zero-order valence-corrected chi connectivity index (χ0v) is 37.6. The average Bonchev–Trinajstić information content (AvgIpc) is 3.20. The molecule has 2 rings (SSSR count). The number of phenols is 2. The first-order valence-electron chi connectivity index (χ1n) is 23.8. The molecule has 0 heterocycles. The monoisotopic (exact) mass is 791 g/mol. The lowest BCUT2D eigenvalue weighted by Gasteiger charge is -2.12. The lowest BCUT2D eigenvalue weighted by molar-refractivity contribution is 0.302. The summed E-state index contributed by atoms with van der Waals surface area (Å²) in [6, 6.07) is 10.9. The van der Waals surface area contributed by atoms with Crippen LogP contribution < -0.4 is 9.47 Å². The van der Waals surface area contributed by atoms with Gasteiger partial charge in [0.1, 0.15) is 23.0 Å². The largest absolute Gasteiger partial charge is 0.507 e. The molecule has 57 heavy (non-hydrogen) atoms. The van der Waals surface area contributed by atoms with Gasteiger partial charge in [-0.15, -0.1) is 0 Å². The topological polar surface area (TPSA) is 83.6 Å². The van der Waals surface area contributed by atoms with Gasteiger partial charge in [-0.25, -0.2) is 0 Å². The van der Waals surface area contributed by atoms with Gasteiger partial charge in [-0.3, -0.25) is 9.98 Å². The molecule has 2 aromatic rings. The van der Waals surface area contributed by atoms with Crippen LogP contribution >= 0.6 is 0 Å². The van der Waals surface area contributed by atoms with Crippen molar-refractivity contribution in [2.45, 2.75) is 220 Å². The highest BCUT2D eigenvalue weighted by molar-refractivity contribution is 6.02. The Morgan fingerprint density at radius 2 is 0.789 bits per heavy atom. The van der Waals surface area contributed by atoms with Gasteiger partial charge in [0.2, 0.25) is 0 Å². The lowest BCUT2D eigenvalue weighted by Crippen LogP contribution is -2.10. The van der Waals surface area contributed by atoms with Crippen molar-refractivity contribution in [2.75, 3.05) is 19.8 Å². The van der Waals surface area contributed by atoms with Gasteiger partial charge in [0.05, 0.1) is 25.8 Å². The number of ether oxygens (including phenoxy) is 2. The van der Waals surface area contributed by atoms with Crippen LogP contribution in [0.15, 0.2) is 46.4 Å². The third kappa shape index (κ3) is 25.2. The van der Waals surface area contributed by atoms with E-state index in [1.807, 2.05) is 45.0 Å². The predicted octanol–water partition coefficient (Wildman–Crippen LogP) is 15.5. The molecule has 0 saturated carbocycles. The molecule has 0 spiro atoms. The van der Waals surface area contributed by atoms with Gasteiger partial charge >= 0.3 is 0 Å². The average molecular weight is 791 g/mol. The maximum absolute atomic E-state index is 10.8. The number of hydrogen-bond donors (Lipinski definition) is 2. The number of nitrogens with zero attached hydrogens (tertiary/aromatic N) is 2. The zero-order chi connectivity index (χ0) is 41.2. The summed E-state index contributed by atoms with van der Waals surface area (Å²) in [6.45, 7) is 12.2. The molecular weight excluding hydrogens is 705 g/mol. The number of aromatic hydroxyl groups is 2. The molecule has 0 bridgehead atoms. The van der Waals surface area contributed by atoms with E-state index in [-0.39, 0.29) is 17.5 Å². The summed E-state index contributed by atoms with van der Waals surface area (Å²) < 4.78 is 11.9. The van der Waals surface area contributed by atoms with Crippen molar-refractivity contribution in [3.8, 4) is 23.0 Å². The second-order valence-corrected chi connectivity index (χ2v) is 16.7. The van der Waals surface area contributed by atoms with Crippen LogP contribution in [0, 0.1) is 0 Å². The van der Waals surface area contributed by atoms with E-state index < -0.39 is 0 Å². The first-order chi connectivity index (χ1) is 27.8. The summed E-state index contributed by atoms with van der Waals surface area (Å²) in [4.78, 5) is 9.53. The van der Waals surface area contributed by atoms with Gasteiger partial charge in [-0.1, -0.05) is 181 Å². The molecule has 0 aliphatic carbocycles. The molecule has 6 nitrogen and oxygen atoms in total. The fraction of sp³-hybridized carbons (Fsp3) is 0.725. The number of rotatable bonds is 37. The second kappa shape index (κ2) is 33.9. The molecule has 0 aliphatic heterocycles. The van der Waals surface area contributed by atoms with E-state index in [2.05, 4.69) is 13.8 Å². The Bertz CT molecular complexity index is 1340. The minimum Gasteiger partial charge on any atom is -0.507 e. The van der Waals surface area contributed by atoms with Gasteiger partial charge in [0.25, 0.3) is 0 Å². The maximum Gasteiger partial charge on any atom is 0.128 e. The van der Waals surface area contributed by atoms with E-state index in [1.165, 1.54) is 167 Å². The molecule has 0 fully saturated rings. The zero-order valence-electron chi connectivity index (χ0n) is 37.6. The van der Waals surface area contributed by atoms with Crippen LogP contribution in [0.1, 0.15) is 226 Å². The smallest absolute Gasteiger partial charge is 0.128 e. The standard InChI is InChI=1S/C51H86N2O4/c1-6-8-10-12-14-16-18-20-22-24-26-28-30-32-38-56-46-34-36-48(50(54)40-46)44(4)52-42-43(3)53-45(5)49-37-35-47(41-51(49)55)57-39-33-31-29-27-25-23-21-19-17-15-13-11-9-7-2/h34-37,40-41,43,54-55H,6-33,38-39,42H2,1-5H3. The van der Waals surface area contributed by atoms with E-state index in [0.717, 1.165) is 24.3 Å². The number of phenolic OH excluding ortho intramolecular Hbond substituents is 2. The molecular formula is C51H86N2O4. The predicted molar refractivity (Wildman–Crippen MR) is 247 cm³/mol. The second-order valence-electron chi connectivity index (χ2n) is 16.7. The van der Waals surface area contributed by atoms with Gasteiger partial charge in [-0.05, 0) is 57.9 Å². The summed E-state index contributed by atoms with van der Waals surface area (Å²) in [5.41, 5.74) is 2.92. The molecule has 6 heteroatoms. The Kier molecular flexibility index (Phi) is 29.8. The highest BCUT2D eigenvalue weighted by Crippen LogP contribution is 2.27. The van der Waals surface area contributed by atoms with Gasteiger partial charge in [0.15, 0.2) is 0 Å². The fourth-order valence-corrected chi connectivity index (χ4v) is 7.58. The van der Waals surface area contributed by atoms with Crippen LogP contribution in [0.2, 0.25) is 0 Å². The molecule has 0 aromatic heterocycles. The van der Waals surface area contributed by atoms with E-state index >= 15 is 0 Å². The molecule has 0 aliphatic rings. The van der Waals surface area contributed by atoms with Crippen LogP contribution in [0.4, 0.5) is 0 Å². The normalized spacial score (nSPS) is 12.6. The van der Waals surface area contributed by atoms with Crippen molar-refractivity contribution in [3.63, 3.8) is 0 Å². The third-order valence-electron chi connectivity index (χ3n) is 11.3. The first kappa shape index (κ1) is 50.1. The van der Waals surface area contributed by atoms with Crippen molar-refractivity contribution in [3.05, 3.63) is 47.5 Å².